The van der Waals surface area contributed by atoms with Crippen LogP contribution in [0.5, 0.6) is 0 Å². The van der Waals surface area contributed by atoms with Crippen LogP contribution < -0.4 is 11.1 Å². The summed E-state index contributed by atoms with van der Waals surface area (Å²) in [6.45, 7) is 0. The van der Waals surface area contributed by atoms with Crippen LogP contribution in [0.3, 0.4) is 0 Å². The van der Waals surface area contributed by atoms with Crippen molar-refractivity contribution >= 4 is 58.1 Å². The minimum atomic E-state index is -0.496. The van der Waals surface area contributed by atoms with Gasteiger partial charge in [-0.15, -0.1) is 0 Å². The second-order valence-electron chi connectivity index (χ2n) is 6.52. The second-order valence-corrected chi connectivity index (χ2v) is 7.80. The summed E-state index contributed by atoms with van der Waals surface area (Å²) in [4.78, 5) is 33.7. The molecule has 0 fully saturated rings. The summed E-state index contributed by atoms with van der Waals surface area (Å²) >= 11 is 18.3. The van der Waals surface area contributed by atoms with Crippen LogP contribution in [0.2, 0.25) is 15.1 Å². The third kappa shape index (κ3) is 5.61. The summed E-state index contributed by atoms with van der Waals surface area (Å²) in [6.07, 6.45) is 1.32. The van der Waals surface area contributed by atoms with Crippen LogP contribution in [0.1, 0.15) is 31.8 Å². The number of Topliss-reactive ketones (excluding diaryl/α,β-unsaturated/α-hetero) is 1. The Morgan fingerprint density at radius 1 is 1.00 bits per heavy atom. The van der Waals surface area contributed by atoms with Gasteiger partial charge in [-0.2, -0.15) is 0 Å². The van der Waals surface area contributed by atoms with Crippen molar-refractivity contribution < 1.29 is 9.59 Å². The first kappa shape index (κ1) is 22.7. The number of ketones is 1. The third-order valence-corrected chi connectivity index (χ3v) is 5.23. The molecule has 0 aliphatic carbocycles. The van der Waals surface area contributed by atoms with Gasteiger partial charge in [0.25, 0.3) is 5.91 Å². The van der Waals surface area contributed by atoms with Crippen molar-refractivity contribution in [3.8, 4) is 0 Å². The molecule has 0 aliphatic rings. The first-order chi connectivity index (χ1) is 14.8. The second kappa shape index (κ2) is 9.92. The minimum Gasteiger partial charge on any atom is -0.384 e. The number of anilines is 1. The van der Waals surface area contributed by atoms with Crippen LogP contribution in [-0.2, 0) is 6.42 Å². The van der Waals surface area contributed by atoms with Gasteiger partial charge < -0.3 is 11.1 Å². The maximum Gasteiger partial charge on any atom is 0.257 e. The Morgan fingerprint density at radius 2 is 1.68 bits per heavy atom. The highest BCUT2D eigenvalue weighted by molar-refractivity contribution is 6.36. The van der Waals surface area contributed by atoms with Crippen LogP contribution in [0, 0.1) is 0 Å². The molecule has 0 radical (unpaired) electrons. The summed E-state index contributed by atoms with van der Waals surface area (Å²) < 4.78 is 0. The van der Waals surface area contributed by atoms with Crippen LogP contribution in [0.4, 0.5) is 5.82 Å². The van der Waals surface area contributed by atoms with Gasteiger partial charge in [0.05, 0.1) is 5.02 Å². The number of pyridine rings is 1. The number of carbonyl (C=O) groups excluding carboxylic acids is 2. The molecule has 1 heterocycles. The molecule has 9 heteroatoms. The molecule has 0 atom stereocenters. The van der Waals surface area contributed by atoms with Crippen molar-refractivity contribution in [2.75, 3.05) is 12.4 Å². The predicted molar refractivity (Wildman–Crippen MR) is 125 cm³/mol. The number of carbonyl (C=O) groups is 2. The van der Waals surface area contributed by atoms with E-state index in [1.807, 2.05) is 0 Å². The van der Waals surface area contributed by atoms with E-state index in [-0.39, 0.29) is 27.8 Å². The fraction of sp³-hybridized carbons (Fsp3) is 0.0909. The molecule has 0 saturated carbocycles. The first-order valence-corrected chi connectivity index (χ1v) is 10.2. The number of nitrogens with zero attached hydrogens (tertiary/aromatic N) is 2. The Labute approximate surface area is 194 Å². The lowest BCUT2D eigenvalue weighted by atomic mass is 9.97. The molecule has 3 N–H and O–H groups in total. The Kier molecular flexibility index (Phi) is 7.28. The SMILES string of the molecule is CN=C(N)c1ccc(C(=O)Cc2c(Cl)cc(Cl)cc2C(=O)Nc2ccc(Cl)cn2)cc1. The van der Waals surface area contributed by atoms with Crippen LogP contribution in [0.25, 0.3) is 0 Å². The molecule has 2 aromatic carbocycles. The zero-order valence-corrected chi connectivity index (χ0v) is 18.6. The van der Waals surface area contributed by atoms with E-state index < -0.39 is 5.91 Å². The summed E-state index contributed by atoms with van der Waals surface area (Å²) in [5.41, 5.74) is 7.48. The Hall–Kier alpha value is -2.93. The standard InChI is InChI=1S/C22H17Cl3N4O2/c1-27-21(26)13-4-2-12(3-5-13)19(30)10-16-17(8-15(24)9-18(16)25)22(31)29-20-7-6-14(23)11-28-20/h2-9,11H,10H2,1H3,(H2,26,27)(H,28,29,31). The molecule has 0 saturated heterocycles. The molecule has 158 valence electrons. The van der Waals surface area contributed by atoms with Gasteiger partial charge in [0.2, 0.25) is 0 Å². The lowest BCUT2D eigenvalue weighted by Crippen LogP contribution is -2.17. The number of nitrogens with two attached hydrogens (primary N) is 1. The zero-order valence-electron chi connectivity index (χ0n) is 16.3. The fourth-order valence-electron chi connectivity index (χ4n) is 2.84. The Morgan fingerprint density at radius 3 is 2.29 bits per heavy atom. The molecule has 6 nitrogen and oxygen atoms in total. The quantitative estimate of drug-likeness (QED) is 0.296. The van der Waals surface area contributed by atoms with Gasteiger partial charge in [-0.25, -0.2) is 4.98 Å². The summed E-state index contributed by atoms with van der Waals surface area (Å²) in [6, 6.07) is 12.8. The van der Waals surface area contributed by atoms with E-state index in [4.69, 9.17) is 40.5 Å². The Balaban J connectivity index is 1.87. The third-order valence-electron chi connectivity index (χ3n) is 4.45. The van der Waals surface area contributed by atoms with Crippen LogP contribution in [0.15, 0.2) is 59.7 Å². The molecule has 3 rings (SSSR count). The fourth-order valence-corrected chi connectivity index (χ4v) is 3.51. The highest BCUT2D eigenvalue weighted by atomic mass is 35.5. The molecule has 0 bridgehead atoms. The van der Waals surface area contributed by atoms with Crippen molar-refractivity contribution in [1.82, 2.24) is 4.98 Å². The number of benzene rings is 2. The van der Waals surface area contributed by atoms with Gasteiger partial charge in [-0.3, -0.25) is 14.6 Å². The predicted octanol–water partition coefficient (Wildman–Crippen LogP) is 5.05. The van der Waals surface area contributed by atoms with E-state index in [1.165, 1.54) is 18.3 Å². The monoisotopic (exact) mass is 474 g/mol. The number of amidine groups is 1. The lowest BCUT2D eigenvalue weighted by Gasteiger charge is -2.12. The molecule has 0 aliphatic heterocycles. The molecular weight excluding hydrogens is 459 g/mol. The minimum absolute atomic E-state index is 0.0938. The molecule has 1 aromatic heterocycles. The van der Waals surface area contributed by atoms with E-state index in [9.17, 15) is 9.59 Å². The first-order valence-electron chi connectivity index (χ1n) is 9.05. The molecule has 0 unspecified atom stereocenters. The van der Waals surface area contributed by atoms with Crippen LogP contribution in [-0.4, -0.2) is 29.6 Å². The number of aliphatic imine (C=N–C) groups is 1. The zero-order chi connectivity index (χ0) is 22.5. The smallest absolute Gasteiger partial charge is 0.257 e. The van der Waals surface area contributed by atoms with Gasteiger partial charge in [-0.05, 0) is 29.8 Å². The lowest BCUT2D eigenvalue weighted by molar-refractivity contribution is 0.0992. The number of nitrogens with one attached hydrogen (secondary N) is 1. The largest absolute Gasteiger partial charge is 0.384 e. The summed E-state index contributed by atoms with van der Waals surface area (Å²) in [5, 5.41) is 3.58. The number of amides is 1. The number of hydrogen-bond donors (Lipinski definition) is 2. The highest BCUT2D eigenvalue weighted by Gasteiger charge is 2.20. The van der Waals surface area contributed by atoms with Crippen LogP contribution >= 0.6 is 34.8 Å². The van der Waals surface area contributed by atoms with Gasteiger partial charge in [0, 0.05) is 46.4 Å². The topological polar surface area (TPSA) is 97.4 Å². The van der Waals surface area contributed by atoms with Crippen molar-refractivity contribution in [1.29, 1.82) is 0 Å². The Bertz CT molecular complexity index is 1160. The van der Waals surface area contributed by atoms with Crippen molar-refractivity contribution in [3.05, 3.63) is 92.0 Å². The summed E-state index contributed by atoms with van der Waals surface area (Å²) in [7, 11) is 1.59. The van der Waals surface area contributed by atoms with Gasteiger partial charge in [-0.1, -0.05) is 59.1 Å². The van der Waals surface area contributed by atoms with E-state index >= 15 is 0 Å². The number of hydrogen-bond acceptors (Lipinski definition) is 4. The molecule has 0 spiro atoms. The summed E-state index contributed by atoms with van der Waals surface area (Å²) in [5.74, 6) is -0.0474. The van der Waals surface area contributed by atoms with Crippen molar-refractivity contribution in [2.24, 2.45) is 10.7 Å². The average molecular weight is 476 g/mol. The molecule has 3 aromatic rings. The highest BCUT2D eigenvalue weighted by Crippen LogP contribution is 2.28. The van der Waals surface area contributed by atoms with Gasteiger partial charge in [0.15, 0.2) is 5.78 Å². The maximum atomic E-state index is 12.9. The maximum absolute atomic E-state index is 12.9. The number of halogens is 3. The van der Waals surface area contributed by atoms with E-state index in [1.54, 1.807) is 43.4 Å². The average Bonchev–Trinajstić information content (AvgIpc) is 2.76. The van der Waals surface area contributed by atoms with E-state index in [2.05, 4.69) is 15.3 Å². The van der Waals surface area contributed by atoms with Gasteiger partial charge in [0.1, 0.15) is 11.7 Å². The van der Waals surface area contributed by atoms with Crippen molar-refractivity contribution in [3.63, 3.8) is 0 Å². The normalized spacial score (nSPS) is 11.3. The number of aromatic nitrogens is 1. The van der Waals surface area contributed by atoms with Crippen molar-refractivity contribution in [2.45, 2.75) is 6.42 Å². The van der Waals surface area contributed by atoms with E-state index in [0.717, 1.165) is 0 Å². The number of rotatable bonds is 6. The molecule has 31 heavy (non-hydrogen) atoms. The molecular formula is C22H17Cl3N4O2. The molecule has 1 amide bonds. The van der Waals surface area contributed by atoms with E-state index in [0.29, 0.717) is 33.4 Å². The van der Waals surface area contributed by atoms with Gasteiger partial charge >= 0.3 is 0 Å².